The van der Waals surface area contributed by atoms with Crippen molar-refractivity contribution < 1.29 is 23.6 Å². The van der Waals surface area contributed by atoms with Gasteiger partial charge in [0, 0.05) is 36.0 Å². The van der Waals surface area contributed by atoms with Gasteiger partial charge in [0.1, 0.15) is 0 Å². The van der Waals surface area contributed by atoms with Gasteiger partial charge < -0.3 is 20.5 Å². The van der Waals surface area contributed by atoms with E-state index >= 15 is 0 Å². The number of carboxylic acids is 1. The van der Waals surface area contributed by atoms with Crippen LogP contribution in [0.15, 0.2) is 0 Å². The molecule has 0 aliphatic heterocycles. The van der Waals surface area contributed by atoms with E-state index in [1.807, 2.05) is 6.92 Å². The summed E-state index contributed by atoms with van der Waals surface area (Å²) in [5.74, 6) is -1.16. The number of hydrogen-bond acceptors (Lipinski definition) is 4. The van der Waals surface area contributed by atoms with Gasteiger partial charge >= 0.3 is 12.0 Å². The van der Waals surface area contributed by atoms with Crippen molar-refractivity contribution in [2.24, 2.45) is 0 Å². The molecule has 0 fully saturated rings. The van der Waals surface area contributed by atoms with Crippen LogP contribution in [0, 0.1) is 0 Å². The van der Waals surface area contributed by atoms with Crippen LogP contribution in [0.25, 0.3) is 0 Å². The fourth-order valence-corrected chi connectivity index (χ4v) is 1.56. The fourth-order valence-electron chi connectivity index (χ4n) is 1.11. The van der Waals surface area contributed by atoms with Gasteiger partial charge in [-0.3, -0.25) is 4.21 Å². The molecule has 0 bridgehead atoms. The predicted octanol–water partition coefficient (Wildman–Crippen LogP) is -0.458. The zero-order valence-corrected chi connectivity index (χ0v) is 11.6. The first kappa shape index (κ1) is 16.9. The SMILES string of the molecule is COCC(NC(=O)NCCC(C)S(C)=O)C(=O)O. The van der Waals surface area contributed by atoms with Crippen molar-refractivity contribution in [3.63, 3.8) is 0 Å². The molecule has 2 amide bonds. The highest BCUT2D eigenvalue weighted by Crippen LogP contribution is 1.97. The molecule has 7 nitrogen and oxygen atoms in total. The maximum Gasteiger partial charge on any atom is 0.328 e. The lowest BCUT2D eigenvalue weighted by Crippen LogP contribution is -2.48. The van der Waals surface area contributed by atoms with Crippen LogP contribution in [0.2, 0.25) is 0 Å². The Bertz CT molecular complexity index is 311. The Morgan fingerprint density at radius 2 is 2.06 bits per heavy atom. The molecule has 8 heteroatoms. The van der Waals surface area contributed by atoms with Crippen molar-refractivity contribution in [3.8, 4) is 0 Å². The smallest absolute Gasteiger partial charge is 0.328 e. The number of methoxy groups -OCH3 is 1. The second kappa shape index (κ2) is 8.87. The lowest BCUT2D eigenvalue weighted by atomic mass is 10.3. The molecule has 18 heavy (non-hydrogen) atoms. The summed E-state index contributed by atoms with van der Waals surface area (Å²) in [5, 5.41) is 13.5. The van der Waals surface area contributed by atoms with Crippen molar-refractivity contribution in [2.45, 2.75) is 24.6 Å². The highest BCUT2D eigenvalue weighted by atomic mass is 32.2. The Morgan fingerprint density at radius 1 is 1.44 bits per heavy atom. The van der Waals surface area contributed by atoms with Gasteiger partial charge in [-0.2, -0.15) is 0 Å². The van der Waals surface area contributed by atoms with Crippen molar-refractivity contribution in [3.05, 3.63) is 0 Å². The summed E-state index contributed by atoms with van der Waals surface area (Å²) < 4.78 is 15.7. The number of hydrogen-bond donors (Lipinski definition) is 3. The van der Waals surface area contributed by atoms with Crippen molar-refractivity contribution in [1.29, 1.82) is 0 Å². The first-order valence-corrected chi connectivity index (χ1v) is 7.09. The second-order valence-corrected chi connectivity index (χ2v) is 5.65. The molecular formula is C10H20N2O5S. The number of carbonyl (C=O) groups is 2. The highest BCUT2D eigenvalue weighted by molar-refractivity contribution is 7.84. The molecule has 0 radical (unpaired) electrons. The van der Waals surface area contributed by atoms with Gasteiger partial charge in [-0.15, -0.1) is 0 Å². The van der Waals surface area contributed by atoms with E-state index in [-0.39, 0.29) is 11.9 Å². The minimum atomic E-state index is -1.16. The van der Waals surface area contributed by atoms with Crippen molar-refractivity contribution in [2.75, 3.05) is 26.5 Å². The predicted molar refractivity (Wildman–Crippen MR) is 68.0 cm³/mol. The normalized spacial score (nSPS) is 15.5. The molecule has 0 saturated carbocycles. The number of aliphatic carboxylic acids is 1. The van der Waals surface area contributed by atoms with E-state index in [4.69, 9.17) is 5.11 Å². The van der Waals surface area contributed by atoms with Crippen LogP contribution in [-0.4, -0.2) is 59.1 Å². The highest BCUT2D eigenvalue weighted by Gasteiger charge is 2.19. The van der Waals surface area contributed by atoms with Gasteiger partial charge in [0.2, 0.25) is 0 Å². The standard InChI is InChI=1S/C10H20N2O5S/c1-7(18(3)16)4-5-11-10(15)12-8(6-17-2)9(13)14/h7-8H,4-6H2,1-3H3,(H,13,14)(H2,11,12,15). The van der Waals surface area contributed by atoms with Crippen LogP contribution in [0.5, 0.6) is 0 Å². The van der Waals surface area contributed by atoms with E-state index in [9.17, 15) is 13.8 Å². The average molecular weight is 280 g/mol. The number of carboxylic acid groups (broad SMARTS) is 1. The van der Waals surface area contributed by atoms with Crippen LogP contribution in [-0.2, 0) is 20.3 Å². The zero-order valence-electron chi connectivity index (χ0n) is 10.8. The summed E-state index contributed by atoms with van der Waals surface area (Å²) >= 11 is 0. The summed E-state index contributed by atoms with van der Waals surface area (Å²) in [5.41, 5.74) is 0. The molecule has 0 heterocycles. The molecule has 0 aromatic heterocycles. The van der Waals surface area contributed by atoms with E-state index in [0.717, 1.165) is 0 Å². The maximum atomic E-state index is 11.4. The van der Waals surface area contributed by atoms with Crippen LogP contribution < -0.4 is 10.6 Å². The second-order valence-electron chi connectivity index (χ2n) is 3.84. The number of nitrogens with one attached hydrogen (secondary N) is 2. The number of urea groups is 1. The lowest BCUT2D eigenvalue weighted by molar-refractivity contribution is -0.140. The molecule has 3 unspecified atom stereocenters. The molecule has 3 atom stereocenters. The third kappa shape index (κ3) is 7.23. The van der Waals surface area contributed by atoms with E-state index in [1.54, 1.807) is 6.26 Å². The largest absolute Gasteiger partial charge is 0.480 e. The Labute approximate surface area is 109 Å². The molecule has 0 spiro atoms. The molecular weight excluding hydrogens is 260 g/mol. The summed E-state index contributed by atoms with van der Waals surface area (Å²) in [6.07, 6.45) is 2.17. The van der Waals surface area contributed by atoms with Crippen LogP contribution >= 0.6 is 0 Å². The van der Waals surface area contributed by atoms with Gasteiger partial charge in [-0.05, 0) is 6.42 Å². The van der Waals surface area contributed by atoms with E-state index in [1.165, 1.54) is 7.11 Å². The summed E-state index contributed by atoms with van der Waals surface area (Å²) in [6, 6.07) is -1.65. The quantitative estimate of drug-likeness (QED) is 0.558. The van der Waals surface area contributed by atoms with Gasteiger partial charge in [0.25, 0.3) is 0 Å². The number of rotatable bonds is 8. The number of ether oxygens (including phenoxy) is 1. The zero-order chi connectivity index (χ0) is 14.1. The number of amides is 2. The summed E-state index contributed by atoms with van der Waals surface area (Å²) in [4.78, 5) is 22.1. The average Bonchev–Trinajstić information content (AvgIpc) is 2.27. The van der Waals surface area contributed by atoms with E-state index in [0.29, 0.717) is 13.0 Å². The Kier molecular flexibility index (Phi) is 8.30. The third-order valence-electron chi connectivity index (χ3n) is 2.34. The Balaban J connectivity index is 3.95. The molecule has 106 valence electrons. The van der Waals surface area contributed by atoms with E-state index in [2.05, 4.69) is 15.4 Å². The maximum absolute atomic E-state index is 11.4. The first-order valence-electron chi connectivity index (χ1n) is 5.46. The minimum Gasteiger partial charge on any atom is -0.480 e. The molecule has 0 aliphatic rings. The Morgan fingerprint density at radius 3 is 2.50 bits per heavy atom. The first-order chi connectivity index (χ1) is 8.38. The fraction of sp³-hybridized carbons (Fsp3) is 0.800. The number of carbonyl (C=O) groups excluding carboxylic acids is 1. The van der Waals surface area contributed by atoms with Gasteiger partial charge in [0.05, 0.1) is 6.61 Å². The molecule has 0 rings (SSSR count). The molecule has 0 aromatic rings. The summed E-state index contributed by atoms with van der Waals surface area (Å²) in [6.45, 7) is 2.06. The Hall–Kier alpha value is -1.15. The third-order valence-corrected chi connectivity index (χ3v) is 3.71. The minimum absolute atomic E-state index is 0.0143. The molecule has 3 N–H and O–H groups in total. The van der Waals surface area contributed by atoms with Crippen LogP contribution in [0.4, 0.5) is 4.79 Å². The molecule has 0 aromatic carbocycles. The van der Waals surface area contributed by atoms with Gasteiger partial charge in [-0.25, -0.2) is 9.59 Å². The monoisotopic (exact) mass is 280 g/mol. The molecule has 0 aliphatic carbocycles. The van der Waals surface area contributed by atoms with Crippen molar-refractivity contribution in [1.82, 2.24) is 10.6 Å². The molecule has 0 saturated heterocycles. The topological polar surface area (TPSA) is 105 Å². The summed E-state index contributed by atoms with van der Waals surface area (Å²) in [7, 11) is 0.423. The van der Waals surface area contributed by atoms with E-state index < -0.39 is 28.8 Å². The lowest BCUT2D eigenvalue weighted by Gasteiger charge is -2.15. The van der Waals surface area contributed by atoms with Crippen LogP contribution in [0.1, 0.15) is 13.3 Å². The van der Waals surface area contributed by atoms with Gasteiger partial charge in [-0.1, -0.05) is 6.92 Å². The van der Waals surface area contributed by atoms with Crippen molar-refractivity contribution >= 4 is 22.8 Å². The van der Waals surface area contributed by atoms with Gasteiger partial charge in [0.15, 0.2) is 6.04 Å². The van der Waals surface area contributed by atoms with Crippen LogP contribution in [0.3, 0.4) is 0 Å².